The molecule has 1 N–H and O–H groups in total. The Bertz CT molecular complexity index is 756. The van der Waals surface area contributed by atoms with Gasteiger partial charge >= 0.3 is 16.4 Å². The van der Waals surface area contributed by atoms with Crippen molar-refractivity contribution in [1.82, 2.24) is 0 Å². The topological polar surface area (TPSA) is 89.9 Å². The Labute approximate surface area is 293 Å². The summed E-state index contributed by atoms with van der Waals surface area (Å²) in [7, 11) is -4.72. The van der Waals surface area contributed by atoms with Gasteiger partial charge in [-0.15, -0.1) is 0 Å². The molecule has 0 aromatic carbocycles. The minimum absolute atomic E-state index is 0.237. The zero-order valence-electron chi connectivity index (χ0n) is 31.6. The third-order valence-electron chi connectivity index (χ3n) is 9.71. The van der Waals surface area contributed by atoms with Crippen LogP contribution in [0.1, 0.15) is 233 Å². The van der Waals surface area contributed by atoms with Crippen LogP contribution >= 0.6 is 0 Å². The molecule has 0 rings (SSSR count). The van der Waals surface area contributed by atoms with Gasteiger partial charge in [-0.25, -0.2) is 8.98 Å². The summed E-state index contributed by atoms with van der Waals surface area (Å²) < 4.78 is 42.4. The molecule has 0 saturated heterocycles. The van der Waals surface area contributed by atoms with E-state index in [-0.39, 0.29) is 12.3 Å². The highest BCUT2D eigenvalue weighted by Gasteiger charge is 2.27. The first-order chi connectivity index (χ1) is 22.8. The molecule has 0 aliphatic rings. The van der Waals surface area contributed by atoms with Crippen molar-refractivity contribution in [2.45, 2.75) is 239 Å². The molecular weight excluding hydrogens is 609 g/mol. The van der Waals surface area contributed by atoms with Gasteiger partial charge in [-0.1, -0.05) is 213 Å². The molecule has 0 aromatic heterocycles. The Kier molecular flexibility index (Phi) is 34.7. The summed E-state index contributed by atoms with van der Waals surface area (Å²) in [5, 5.41) is 0. The van der Waals surface area contributed by atoms with Crippen molar-refractivity contribution in [2.24, 2.45) is 5.92 Å². The average Bonchev–Trinajstić information content (AvgIpc) is 3.04. The van der Waals surface area contributed by atoms with Crippen LogP contribution in [-0.4, -0.2) is 31.7 Å². The Morgan fingerprint density at radius 3 is 1.06 bits per heavy atom. The van der Waals surface area contributed by atoms with E-state index in [1.54, 1.807) is 0 Å². The van der Waals surface area contributed by atoms with E-state index in [9.17, 15) is 17.8 Å². The predicted molar refractivity (Wildman–Crippen MR) is 200 cm³/mol. The van der Waals surface area contributed by atoms with E-state index in [0.717, 1.165) is 44.9 Å². The molecule has 0 aromatic rings. The minimum Gasteiger partial charge on any atom is -0.463 e. The molecule has 47 heavy (non-hydrogen) atoms. The lowest BCUT2D eigenvalue weighted by Crippen LogP contribution is -2.30. The van der Waals surface area contributed by atoms with Crippen molar-refractivity contribution >= 4 is 16.4 Å². The highest BCUT2D eigenvalue weighted by molar-refractivity contribution is 7.80. The summed E-state index contributed by atoms with van der Waals surface area (Å²) in [5.41, 5.74) is 0. The first kappa shape index (κ1) is 46.3. The SMILES string of the molecule is CCCCCCCCCCCCCCCCC(CCCCCCCCCCCCCC)COC(=O)C(CCCCCC)OS(=O)(=O)O. The fourth-order valence-electron chi connectivity index (χ4n) is 6.61. The van der Waals surface area contributed by atoms with Gasteiger partial charge in [-0.3, -0.25) is 4.55 Å². The van der Waals surface area contributed by atoms with Gasteiger partial charge in [-0.2, -0.15) is 8.42 Å². The molecular formula is C40H80O6S. The van der Waals surface area contributed by atoms with Crippen LogP contribution in [0.5, 0.6) is 0 Å². The zero-order valence-corrected chi connectivity index (χ0v) is 32.4. The number of hydrogen-bond acceptors (Lipinski definition) is 5. The smallest absolute Gasteiger partial charge is 0.398 e. The third kappa shape index (κ3) is 35.0. The second kappa shape index (κ2) is 35.2. The molecule has 0 fully saturated rings. The van der Waals surface area contributed by atoms with Gasteiger partial charge in [0.05, 0.1) is 6.61 Å². The van der Waals surface area contributed by atoms with Crippen LogP contribution in [0, 0.1) is 5.92 Å². The van der Waals surface area contributed by atoms with E-state index >= 15 is 0 Å². The third-order valence-corrected chi connectivity index (χ3v) is 10.2. The molecule has 0 heterocycles. The van der Waals surface area contributed by atoms with E-state index in [1.807, 2.05) is 0 Å². The number of carbonyl (C=O) groups excluding carboxylic acids is 1. The molecule has 0 spiro atoms. The van der Waals surface area contributed by atoms with Crippen LogP contribution in [0.4, 0.5) is 0 Å². The second-order valence-electron chi connectivity index (χ2n) is 14.4. The van der Waals surface area contributed by atoms with E-state index in [0.29, 0.717) is 13.0 Å². The number of esters is 1. The van der Waals surface area contributed by atoms with Gasteiger partial charge in [0, 0.05) is 0 Å². The summed E-state index contributed by atoms with van der Waals surface area (Å²) in [6.45, 7) is 6.94. The largest absolute Gasteiger partial charge is 0.463 e. The van der Waals surface area contributed by atoms with Crippen LogP contribution in [0.3, 0.4) is 0 Å². The molecule has 0 bridgehead atoms. The maximum atomic E-state index is 12.8. The predicted octanol–water partition coefficient (Wildman–Crippen LogP) is 13.3. The Morgan fingerprint density at radius 1 is 0.468 bits per heavy atom. The Hall–Kier alpha value is -0.660. The molecule has 0 radical (unpaired) electrons. The van der Waals surface area contributed by atoms with Crippen LogP contribution in [0.25, 0.3) is 0 Å². The van der Waals surface area contributed by atoms with Crippen LogP contribution in [-0.2, 0) is 24.1 Å². The van der Waals surface area contributed by atoms with Crippen LogP contribution < -0.4 is 0 Å². The standard InChI is InChI=1S/C40H80O6S/c1-4-7-10-13-15-17-19-21-22-24-26-28-30-32-35-38(34-31-29-27-25-23-20-18-16-14-11-8-5-2)37-45-40(41)39(46-47(42,43)44)36-33-12-9-6-3/h38-39H,4-37H2,1-3H3,(H,42,43,44). The first-order valence-corrected chi connectivity index (χ1v) is 22.0. The van der Waals surface area contributed by atoms with Crippen LogP contribution in [0.2, 0.25) is 0 Å². The maximum Gasteiger partial charge on any atom is 0.398 e. The quantitative estimate of drug-likeness (QED) is 0.0394. The number of ether oxygens (including phenoxy) is 1. The highest BCUT2D eigenvalue weighted by atomic mass is 32.3. The highest BCUT2D eigenvalue weighted by Crippen LogP contribution is 2.22. The monoisotopic (exact) mass is 689 g/mol. The number of rotatable bonds is 38. The van der Waals surface area contributed by atoms with Crippen molar-refractivity contribution in [3.63, 3.8) is 0 Å². The van der Waals surface area contributed by atoms with Crippen molar-refractivity contribution < 1.29 is 26.7 Å². The molecule has 2 unspecified atom stereocenters. The molecule has 7 heteroatoms. The fraction of sp³-hybridized carbons (Fsp3) is 0.975. The van der Waals surface area contributed by atoms with E-state index in [4.69, 9.17) is 8.92 Å². The van der Waals surface area contributed by atoms with Gasteiger partial charge in [0.1, 0.15) is 0 Å². The maximum absolute atomic E-state index is 12.8. The lowest BCUT2D eigenvalue weighted by atomic mass is 9.94. The lowest BCUT2D eigenvalue weighted by Gasteiger charge is -2.20. The molecule has 2 atom stereocenters. The lowest BCUT2D eigenvalue weighted by molar-refractivity contribution is -0.154. The minimum atomic E-state index is -4.72. The van der Waals surface area contributed by atoms with Crippen molar-refractivity contribution in [2.75, 3.05) is 6.61 Å². The molecule has 0 amide bonds. The van der Waals surface area contributed by atoms with E-state index < -0.39 is 22.5 Å². The summed E-state index contributed by atoms with van der Waals surface area (Å²) in [4.78, 5) is 12.8. The number of carbonyl (C=O) groups is 1. The summed E-state index contributed by atoms with van der Waals surface area (Å²) in [6.07, 6.45) is 39.2. The van der Waals surface area contributed by atoms with E-state index in [1.165, 1.54) is 154 Å². The molecule has 282 valence electrons. The summed E-state index contributed by atoms with van der Waals surface area (Å²) in [6, 6.07) is 0. The summed E-state index contributed by atoms with van der Waals surface area (Å²) in [5.74, 6) is -0.384. The molecule has 0 aliphatic heterocycles. The van der Waals surface area contributed by atoms with Crippen molar-refractivity contribution in [3.8, 4) is 0 Å². The van der Waals surface area contributed by atoms with Crippen LogP contribution in [0.15, 0.2) is 0 Å². The second-order valence-corrected chi connectivity index (χ2v) is 15.5. The van der Waals surface area contributed by atoms with Gasteiger partial charge in [0.15, 0.2) is 6.10 Å². The molecule has 0 saturated carbocycles. The number of hydrogen-bond donors (Lipinski definition) is 1. The number of unbranched alkanes of at least 4 members (excludes halogenated alkanes) is 27. The first-order valence-electron chi connectivity index (χ1n) is 20.7. The van der Waals surface area contributed by atoms with Crippen molar-refractivity contribution in [1.29, 1.82) is 0 Å². The average molecular weight is 689 g/mol. The van der Waals surface area contributed by atoms with Gasteiger partial charge in [0.25, 0.3) is 0 Å². The zero-order chi connectivity index (χ0) is 34.7. The van der Waals surface area contributed by atoms with Crippen molar-refractivity contribution in [3.05, 3.63) is 0 Å². The normalized spacial score (nSPS) is 13.2. The fourth-order valence-corrected chi connectivity index (χ4v) is 7.08. The Balaban J connectivity index is 4.46. The molecule has 6 nitrogen and oxygen atoms in total. The van der Waals surface area contributed by atoms with Gasteiger partial charge in [-0.05, 0) is 25.2 Å². The van der Waals surface area contributed by atoms with Gasteiger partial charge < -0.3 is 4.74 Å². The molecule has 0 aliphatic carbocycles. The van der Waals surface area contributed by atoms with E-state index in [2.05, 4.69) is 20.8 Å². The summed E-state index contributed by atoms with van der Waals surface area (Å²) >= 11 is 0. The Morgan fingerprint density at radius 2 is 0.745 bits per heavy atom. The van der Waals surface area contributed by atoms with Gasteiger partial charge in [0.2, 0.25) is 0 Å².